The van der Waals surface area contributed by atoms with Crippen LogP contribution >= 0.6 is 0 Å². The Balaban J connectivity index is 2.03. The van der Waals surface area contributed by atoms with Crippen molar-refractivity contribution in [3.63, 3.8) is 0 Å². The number of hydrogen-bond acceptors (Lipinski definition) is 2. The highest BCUT2D eigenvalue weighted by Gasteiger charge is 2.05. The van der Waals surface area contributed by atoms with E-state index in [4.69, 9.17) is 9.84 Å². The van der Waals surface area contributed by atoms with Crippen LogP contribution in [0.3, 0.4) is 0 Å². The third-order valence-corrected chi connectivity index (χ3v) is 3.53. The van der Waals surface area contributed by atoms with Crippen molar-refractivity contribution in [3.05, 3.63) is 35.9 Å². The molecule has 0 bridgehead atoms. The summed E-state index contributed by atoms with van der Waals surface area (Å²) in [6.45, 7) is 6.33. The molecule has 0 aliphatic heterocycles. The lowest BCUT2D eigenvalue weighted by Gasteiger charge is -2.14. The van der Waals surface area contributed by atoms with Crippen LogP contribution in [0, 0.1) is 11.8 Å². The summed E-state index contributed by atoms with van der Waals surface area (Å²) in [5, 5.41) is 8.85. The fourth-order valence-corrected chi connectivity index (χ4v) is 2.22. The van der Waals surface area contributed by atoms with Gasteiger partial charge >= 0.3 is 0 Å². The lowest BCUT2D eigenvalue weighted by atomic mass is 9.97. The van der Waals surface area contributed by atoms with Gasteiger partial charge in [0.1, 0.15) is 0 Å². The SMILES string of the molecule is C[C@@H](CCO)CCC[C@@H](C)COCc1ccccc1. The van der Waals surface area contributed by atoms with E-state index in [0.29, 0.717) is 25.0 Å². The Hall–Kier alpha value is -0.860. The first-order valence-corrected chi connectivity index (χ1v) is 7.45. The maximum absolute atomic E-state index is 8.85. The molecule has 0 amide bonds. The van der Waals surface area contributed by atoms with Gasteiger partial charge in [-0.25, -0.2) is 0 Å². The number of aliphatic hydroxyl groups excluding tert-OH is 1. The van der Waals surface area contributed by atoms with Gasteiger partial charge in [-0.15, -0.1) is 0 Å². The normalized spacial score (nSPS) is 14.3. The van der Waals surface area contributed by atoms with Crippen molar-refractivity contribution >= 4 is 0 Å². The van der Waals surface area contributed by atoms with Crippen LogP contribution in [-0.2, 0) is 11.3 Å². The molecule has 2 nitrogen and oxygen atoms in total. The van der Waals surface area contributed by atoms with E-state index in [2.05, 4.69) is 26.0 Å². The first-order valence-electron chi connectivity index (χ1n) is 7.45. The van der Waals surface area contributed by atoms with Crippen molar-refractivity contribution < 1.29 is 9.84 Å². The third-order valence-electron chi connectivity index (χ3n) is 3.53. The molecule has 0 spiro atoms. The lowest BCUT2D eigenvalue weighted by molar-refractivity contribution is 0.0882. The number of hydrogen-bond donors (Lipinski definition) is 1. The highest BCUT2D eigenvalue weighted by molar-refractivity contribution is 5.13. The minimum Gasteiger partial charge on any atom is -0.396 e. The van der Waals surface area contributed by atoms with Gasteiger partial charge in [-0.1, -0.05) is 57.0 Å². The molecule has 1 aromatic rings. The van der Waals surface area contributed by atoms with Gasteiger partial charge in [-0.2, -0.15) is 0 Å². The first-order chi connectivity index (χ1) is 9.22. The second kappa shape index (κ2) is 9.99. The molecule has 1 N–H and O–H groups in total. The van der Waals surface area contributed by atoms with Crippen LogP contribution in [0.15, 0.2) is 30.3 Å². The maximum atomic E-state index is 8.85. The standard InChI is InChI=1S/C17H28O2/c1-15(11-12-18)7-6-8-16(2)13-19-14-17-9-4-3-5-10-17/h3-5,9-10,15-16,18H,6-8,11-14H2,1-2H3/t15-,16-/m1/s1. The van der Waals surface area contributed by atoms with Crippen LogP contribution in [0.4, 0.5) is 0 Å². The Morgan fingerprint density at radius 3 is 2.37 bits per heavy atom. The quantitative estimate of drug-likeness (QED) is 0.691. The second-order valence-electron chi connectivity index (χ2n) is 5.65. The molecule has 19 heavy (non-hydrogen) atoms. The van der Waals surface area contributed by atoms with E-state index in [1.54, 1.807) is 0 Å². The van der Waals surface area contributed by atoms with E-state index in [9.17, 15) is 0 Å². The van der Waals surface area contributed by atoms with Crippen LogP contribution in [0.2, 0.25) is 0 Å². The summed E-state index contributed by atoms with van der Waals surface area (Å²) in [6, 6.07) is 10.3. The number of ether oxygens (including phenoxy) is 1. The van der Waals surface area contributed by atoms with Crippen molar-refractivity contribution in [1.29, 1.82) is 0 Å². The molecule has 0 aromatic heterocycles. The number of aliphatic hydroxyl groups is 1. The Morgan fingerprint density at radius 1 is 1.00 bits per heavy atom. The molecule has 0 saturated carbocycles. The maximum Gasteiger partial charge on any atom is 0.0717 e. The van der Waals surface area contributed by atoms with Gasteiger partial charge in [0, 0.05) is 13.2 Å². The van der Waals surface area contributed by atoms with Crippen molar-refractivity contribution in [1.82, 2.24) is 0 Å². The fourth-order valence-electron chi connectivity index (χ4n) is 2.22. The summed E-state index contributed by atoms with van der Waals surface area (Å²) < 4.78 is 5.75. The van der Waals surface area contributed by atoms with E-state index >= 15 is 0 Å². The molecular weight excluding hydrogens is 236 g/mol. The summed E-state index contributed by atoms with van der Waals surface area (Å²) in [6.07, 6.45) is 4.59. The third kappa shape index (κ3) is 8.02. The molecular formula is C17H28O2. The van der Waals surface area contributed by atoms with Crippen LogP contribution in [0.25, 0.3) is 0 Å². The van der Waals surface area contributed by atoms with Crippen molar-refractivity contribution in [2.75, 3.05) is 13.2 Å². The van der Waals surface area contributed by atoms with Gasteiger partial charge in [-0.3, -0.25) is 0 Å². The molecule has 2 atom stereocenters. The van der Waals surface area contributed by atoms with Gasteiger partial charge in [0.05, 0.1) is 6.61 Å². The molecule has 0 radical (unpaired) electrons. The molecule has 0 unspecified atom stereocenters. The highest BCUT2D eigenvalue weighted by atomic mass is 16.5. The Kier molecular flexibility index (Phi) is 8.52. The molecule has 1 rings (SSSR count). The molecule has 1 aromatic carbocycles. The summed E-state index contributed by atoms with van der Waals surface area (Å²) in [4.78, 5) is 0. The zero-order valence-corrected chi connectivity index (χ0v) is 12.3. The Bertz CT molecular complexity index is 310. The predicted molar refractivity (Wildman–Crippen MR) is 80.0 cm³/mol. The molecule has 0 heterocycles. The summed E-state index contributed by atoms with van der Waals surface area (Å²) >= 11 is 0. The smallest absolute Gasteiger partial charge is 0.0717 e. The molecule has 2 heteroatoms. The molecule has 108 valence electrons. The first kappa shape index (κ1) is 16.2. The average Bonchev–Trinajstić information content (AvgIpc) is 2.40. The van der Waals surface area contributed by atoms with Crippen LogP contribution < -0.4 is 0 Å². The van der Waals surface area contributed by atoms with Gasteiger partial charge in [0.25, 0.3) is 0 Å². The second-order valence-corrected chi connectivity index (χ2v) is 5.65. The van der Waals surface area contributed by atoms with Gasteiger partial charge in [0.2, 0.25) is 0 Å². The summed E-state index contributed by atoms with van der Waals surface area (Å²) in [5.41, 5.74) is 1.24. The largest absolute Gasteiger partial charge is 0.396 e. The van der Waals surface area contributed by atoms with E-state index in [1.807, 2.05) is 18.2 Å². The van der Waals surface area contributed by atoms with Crippen LogP contribution in [-0.4, -0.2) is 18.3 Å². The highest BCUT2D eigenvalue weighted by Crippen LogP contribution is 2.15. The van der Waals surface area contributed by atoms with E-state index in [0.717, 1.165) is 13.0 Å². The monoisotopic (exact) mass is 264 g/mol. The fraction of sp³-hybridized carbons (Fsp3) is 0.647. The average molecular weight is 264 g/mol. The van der Waals surface area contributed by atoms with Crippen LogP contribution in [0.1, 0.15) is 45.1 Å². The topological polar surface area (TPSA) is 29.5 Å². The molecule has 0 aliphatic rings. The van der Waals surface area contributed by atoms with Gasteiger partial charge < -0.3 is 9.84 Å². The van der Waals surface area contributed by atoms with E-state index in [1.165, 1.54) is 24.8 Å². The number of rotatable bonds is 10. The summed E-state index contributed by atoms with van der Waals surface area (Å²) in [5.74, 6) is 1.26. The zero-order valence-electron chi connectivity index (χ0n) is 12.3. The van der Waals surface area contributed by atoms with Gasteiger partial charge in [-0.05, 0) is 30.2 Å². The van der Waals surface area contributed by atoms with Crippen molar-refractivity contribution in [3.8, 4) is 0 Å². The zero-order chi connectivity index (χ0) is 13.9. The Labute approximate surface area is 117 Å². The molecule has 0 aliphatic carbocycles. The van der Waals surface area contributed by atoms with Crippen LogP contribution in [0.5, 0.6) is 0 Å². The minimum atomic E-state index is 0.316. The van der Waals surface area contributed by atoms with Crippen molar-refractivity contribution in [2.24, 2.45) is 11.8 Å². The van der Waals surface area contributed by atoms with Gasteiger partial charge in [0.15, 0.2) is 0 Å². The summed E-state index contributed by atoms with van der Waals surface area (Å²) in [7, 11) is 0. The predicted octanol–water partition coefficient (Wildman–Crippen LogP) is 4.03. The Morgan fingerprint density at radius 2 is 1.68 bits per heavy atom. The minimum absolute atomic E-state index is 0.316. The number of benzene rings is 1. The molecule has 0 fully saturated rings. The lowest BCUT2D eigenvalue weighted by Crippen LogP contribution is -2.07. The van der Waals surface area contributed by atoms with E-state index in [-0.39, 0.29) is 0 Å². The van der Waals surface area contributed by atoms with Crippen molar-refractivity contribution in [2.45, 2.75) is 46.1 Å². The molecule has 0 saturated heterocycles. The van der Waals surface area contributed by atoms with E-state index < -0.39 is 0 Å².